The highest BCUT2D eigenvalue weighted by Crippen LogP contribution is 2.30. The van der Waals surface area contributed by atoms with E-state index in [1.165, 1.54) is 47.1 Å². The highest BCUT2D eigenvalue weighted by Gasteiger charge is 2.20. The fourth-order valence-electron chi connectivity index (χ4n) is 2.81. The molecule has 3 aromatic heterocycles. The summed E-state index contributed by atoms with van der Waals surface area (Å²) in [6.07, 6.45) is 0. The Morgan fingerprint density at radius 1 is 1.07 bits per heavy atom. The maximum Gasteiger partial charge on any atom is 0.271 e. The molecule has 0 radical (unpaired) electrons. The molecule has 0 aliphatic heterocycles. The van der Waals surface area contributed by atoms with Gasteiger partial charge in [0.25, 0.3) is 15.6 Å². The Kier molecular flexibility index (Phi) is 5.00. The van der Waals surface area contributed by atoms with E-state index in [2.05, 4.69) is 15.0 Å². The number of hydrogen-bond acceptors (Lipinski definition) is 7. The lowest BCUT2D eigenvalue weighted by atomic mass is 10.3. The second-order valence-electron chi connectivity index (χ2n) is 6.37. The van der Waals surface area contributed by atoms with Crippen LogP contribution in [-0.2, 0) is 10.0 Å². The zero-order valence-corrected chi connectivity index (χ0v) is 17.4. The third-order valence-electron chi connectivity index (χ3n) is 4.20. The molecule has 1 N–H and O–H groups in total. The van der Waals surface area contributed by atoms with Gasteiger partial charge in [0.2, 0.25) is 0 Å². The topological polar surface area (TPSA) is 107 Å². The Morgan fingerprint density at radius 2 is 1.80 bits per heavy atom. The Hall–Kier alpha value is -3.31. The largest absolute Gasteiger partial charge is 0.359 e. The lowest BCUT2D eigenvalue weighted by Gasteiger charge is -2.06. The van der Waals surface area contributed by atoms with Gasteiger partial charge in [-0.3, -0.25) is 9.52 Å². The number of hydrogen-bond donors (Lipinski definition) is 1. The summed E-state index contributed by atoms with van der Waals surface area (Å²) in [5.41, 5.74) is 1.26. The van der Waals surface area contributed by atoms with Crippen LogP contribution in [0.15, 0.2) is 62.1 Å². The normalized spacial score (nSPS) is 11.6. The number of sulfonamides is 1. The Balaban J connectivity index is 1.68. The van der Waals surface area contributed by atoms with Gasteiger partial charge in [-0.15, -0.1) is 11.3 Å². The van der Waals surface area contributed by atoms with Crippen molar-refractivity contribution in [1.82, 2.24) is 14.9 Å². The maximum absolute atomic E-state index is 13.0. The molecule has 0 aliphatic rings. The lowest BCUT2D eigenvalue weighted by molar-refractivity contribution is 0.392. The molecule has 0 saturated heterocycles. The summed E-state index contributed by atoms with van der Waals surface area (Å²) in [6, 6.07) is 10.9. The average molecular weight is 446 g/mol. The van der Waals surface area contributed by atoms with Gasteiger partial charge in [-0.1, -0.05) is 5.16 Å². The standard InChI is InChI=1S/C19H15FN4O4S2/c1-11-19(12(2)28-22-11)24-17(25)9-7-15(21-24)16-8-10-18(29-16)30(26,27)23-14-5-3-13(20)4-6-14/h3-10,23H,1-2H3. The summed E-state index contributed by atoms with van der Waals surface area (Å²) in [5.74, 6) is -0.0203. The van der Waals surface area contributed by atoms with Gasteiger partial charge in [-0.25, -0.2) is 12.8 Å². The fraction of sp³-hybridized carbons (Fsp3) is 0.105. The number of rotatable bonds is 5. The molecular weight excluding hydrogens is 431 g/mol. The maximum atomic E-state index is 13.0. The summed E-state index contributed by atoms with van der Waals surface area (Å²) >= 11 is 0.994. The van der Waals surface area contributed by atoms with Crippen LogP contribution in [0.5, 0.6) is 0 Å². The van der Waals surface area contributed by atoms with Gasteiger partial charge < -0.3 is 4.52 Å². The minimum atomic E-state index is -3.86. The zero-order valence-electron chi connectivity index (χ0n) is 15.8. The van der Waals surface area contributed by atoms with Gasteiger partial charge in [0.1, 0.15) is 27.1 Å². The highest BCUT2D eigenvalue weighted by atomic mass is 32.2. The van der Waals surface area contributed by atoms with E-state index < -0.39 is 15.8 Å². The fourth-order valence-corrected chi connectivity index (χ4v) is 5.14. The number of anilines is 1. The van der Waals surface area contributed by atoms with Crippen LogP contribution in [0.4, 0.5) is 10.1 Å². The predicted molar refractivity (Wildman–Crippen MR) is 110 cm³/mol. The Morgan fingerprint density at radius 3 is 2.47 bits per heavy atom. The number of nitrogens with zero attached hydrogens (tertiary/aromatic N) is 3. The van der Waals surface area contributed by atoms with Crippen LogP contribution in [0.25, 0.3) is 16.3 Å². The first-order chi connectivity index (χ1) is 14.2. The van der Waals surface area contributed by atoms with E-state index in [0.717, 1.165) is 11.3 Å². The Bertz CT molecular complexity index is 1370. The van der Waals surface area contributed by atoms with Crippen LogP contribution in [0.1, 0.15) is 11.5 Å². The van der Waals surface area contributed by atoms with Crippen molar-refractivity contribution in [2.24, 2.45) is 0 Å². The molecule has 154 valence electrons. The second-order valence-corrected chi connectivity index (χ2v) is 9.37. The minimum absolute atomic E-state index is 0.0544. The van der Waals surface area contributed by atoms with Gasteiger partial charge in [-0.2, -0.15) is 9.78 Å². The van der Waals surface area contributed by atoms with Crippen molar-refractivity contribution in [3.05, 3.63) is 76.2 Å². The van der Waals surface area contributed by atoms with Crippen LogP contribution >= 0.6 is 11.3 Å². The minimum Gasteiger partial charge on any atom is -0.359 e. The van der Waals surface area contributed by atoms with Crippen molar-refractivity contribution in [2.75, 3.05) is 4.72 Å². The lowest BCUT2D eigenvalue weighted by Crippen LogP contribution is -2.21. The van der Waals surface area contributed by atoms with E-state index in [9.17, 15) is 17.6 Å². The molecule has 0 spiro atoms. The zero-order chi connectivity index (χ0) is 21.5. The third kappa shape index (κ3) is 3.76. The summed E-state index contributed by atoms with van der Waals surface area (Å²) < 4.78 is 47.1. The van der Waals surface area contributed by atoms with Crippen molar-refractivity contribution in [1.29, 1.82) is 0 Å². The molecule has 0 unspecified atom stereocenters. The van der Waals surface area contributed by atoms with E-state index in [0.29, 0.717) is 27.7 Å². The molecule has 3 heterocycles. The van der Waals surface area contributed by atoms with Crippen LogP contribution in [0, 0.1) is 19.7 Å². The smallest absolute Gasteiger partial charge is 0.271 e. The molecule has 0 atom stereocenters. The number of aromatic nitrogens is 3. The quantitative estimate of drug-likeness (QED) is 0.503. The molecule has 11 heteroatoms. The number of nitrogens with one attached hydrogen (secondary N) is 1. The second kappa shape index (κ2) is 7.50. The average Bonchev–Trinajstić information content (AvgIpc) is 3.32. The van der Waals surface area contributed by atoms with Crippen LogP contribution in [-0.4, -0.2) is 23.4 Å². The molecule has 0 fully saturated rings. The van der Waals surface area contributed by atoms with Crippen molar-refractivity contribution in [2.45, 2.75) is 18.1 Å². The van der Waals surface area contributed by atoms with E-state index in [1.54, 1.807) is 19.9 Å². The summed E-state index contributed by atoms with van der Waals surface area (Å²) in [7, 11) is -3.86. The van der Waals surface area contributed by atoms with Crippen molar-refractivity contribution in [3.8, 4) is 16.3 Å². The predicted octanol–water partition coefficient (Wildman–Crippen LogP) is 3.51. The first-order valence-corrected chi connectivity index (χ1v) is 11.0. The van der Waals surface area contributed by atoms with Crippen LogP contribution in [0.2, 0.25) is 0 Å². The number of thiophene rings is 1. The third-order valence-corrected chi connectivity index (χ3v) is 7.18. The van der Waals surface area contributed by atoms with Gasteiger partial charge >= 0.3 is 0 Å². The summed E-state index contributed by atoms with van der Waals surface area (Å²) in [6.45, 7) is 3.37. The van der Waals surface area contributed by atoms with E-state index >= 15 is 0 Å². The number of halogens is 1. The molecule has 0 saturated carbocycles. The van der Waals surface area contributed by atoms with Crippen molar-refractivity contribution in [3.63, 3.8) is 0 Å². The molecule has 0 bridgehead atoms. The van der Waals surface area contributed by atoms with Gasteiger partial charge in [0, 0.05) is 11.8 Å². The Labute approximate surface area is 174 Å². The van der Waals surface area contributed by atoms with E-state index in [4.69, 9.17) is 4.52 Å². The summed E-state index contributed by atoms with van der Waals surface area (Å²) in [4.78, 5) is 12.8. The first-order valence-electron chi connectivity index (χ1n) is 8.67. The monoisotopic (exact) mass is 446 g/mol. The SMILES string of the molecule is Cc1noc(C)c1-n1nc(-c2ccc(S(=O)(=O)Nc3ccc(F)cc3)s2)ccc1=O. The molecule has 30 heavy (non-hydrogen) atoms. The molecular formula is C19H15FN4O4S2. The van der Waals surface area contributed by atoms with Gasteiger partial charge in [-0.05, 0) is 56.3 Å². The highest BCUT2D eigenvalue weighted by molar-refractivity contribution is 7.94. The number of aryl methyl sites for hydroxylation is 2. The number of benzene rings is 1. The first kappa shape index (κ1) is 20.0. The van der Waals surface area contributed by atoms with Crippen LogP contribution < -0.4 is 10.3 Å². The van der Waals surface area contributed by atoms with E-state index in [-0.39, 0.29) is 15.5 Å². The molecule has 4 rings (SSSR count). The van der Waals surface area contributed by atoms with E-state index in [1.807, 2.05) is 0 Å². The van der Waals surface area contributed by atoms with Gasteiger partial charge in [0.15, 0.2) is 5.76 Å². The summed E-state index contributed by atoms with van der Waals surface area (Å²) in [5, 5.41) is 8.19. The van der Waals surface area contributed by atoms with Crippen LogP contribution in [0.3, 0.4) is 0 Å². The molecule has 8 nitrogen and oxygen atoms in total. The molecule has 0 amide bonds. The van der Waals surface area contributed by atoms with Crippen molar-refractivity contribution >= 4 is 27.0 Å². The van der Waals surface area contributed by atoms with Gasteiger partial charge in [0.05, 0.1) is 4.88 Å². The molecule has 0 aliphatic carbocycles. The molecule has 4 aromatic rings. The van der Waals surface area contributed by atoms with Crippen molar-refractivity contribution < 1.29 is 17.3 Å². The molecule has 1 aromatic carbocycles.